The first kappa shape index (κ1) is 26.1. The van der Waals surface area contributed by atoms with Crippen molar-refractivity contribution < 1.29 is 18.0 Å². The lowest BCUT2D eigenvalue weighted by Crippen LogP contribution is -2.39. The van der Waals surface area contributed by atoms with E-state index in [-0.39, 0.29) is 36.4 Å². The Kier molecular flexibility index (Phi) is 11.1. The molecular weight excluding hydrogens is 530 g/mol. The molecule has 0 spiro atoms. The highest BCUT2D eigenvalue weighted by Gasteiger charge is 2.33. The van der Waals surface area contributed by atoms with Gasteiger partial charge >= 0.3 is 6.18 Å². The van der Waals surface area contributed by atoms with Crippen molar-refractivity contribution in [2.24, 2.45) is 4.99 Å². The molecule has 1 amide bonds. The van der Waals surface area contributed by atoms with Crippen LogP contribution in [0.4, 0.5) is 18.9 Å². The summed E-state index contributed by atoms with van der Waals surface area (Å²) in [6.45, 7) is 4.76. The molecule has 0 aliphatic carbocycles. The molecule has 0 radical (unpaired) electrons. The summed E-state index contributed by atoms with van der Waals surface area (Å²) in [7, 11) is 0. The fraction of sp³-hybridized carbons (Fsp3) is 0.421. The summed E-state index contributed by atoms with van der Waals surface area (Å²) in [5.41, 5.74) is 0.964. The quantitative estimate of drug-likeness (QED) is 0.261. The van der Waals surface area contributed by atoms with Crippen LogP contribution in [0.5, 0.6) is 0 Å². The zero-order valence-corrected chi connectivity index (χ0v) is 19.8. The van der Waals surface area contributed by atoms with Crippen LogP contribution < -0.4 is 16.0 Å². The second-order valence-electron chi connectivity index (χ2n) is 6.10. The average molecular weight is 555 g/mol. The van der Waals surface area contributed by atoms with Gasteiger partial charge in [0.1, 0.15) is 6.54 Å². The van der Waals surface area contributed by atoms with Crippen molar-refractivity contribution in [3.63, 3.8) is 0 Å². The normalized spacial score (nSPS) is 11.6. The number of rotatable bonds is 8. The molecule has 3 N–H and O–H groups in total. The van der Waals surface area contributed by atoms with E-state index in [1.54, 1.807) is 0 Å². The standard InChI is InChI=1S/C19H24F3N5OS.HI/c1-3-13-6-5-7-14(10-13)26-16(28)11-25-18(23-4-2)24-9-8-17-27-15(12-29-17)19(20,21)22;/h5-7,10,12H,3-4,8-9,11H2,1-2H3,(H,26,28)(H2,23,24,25);1H. The Bertz CT molecular complexity index is 842. The number of amides is 1. The van der Waals surface area contributed by atoms with E-state index in [4.69, 9.17) is 0 Å². The molecule has 0 saturated heterocycles. The van der Waals surface area contributed by atoms with Gasteiger partial charge in [0.2, 0.25) is 5.91 Å². The van der Waals surface area contributed by atoms with Crippen LogP contribution in [0.1, 0.15) is 30.1 Å². The number of hydrogen-bond acceptors (Lipinski definition) is 4. The third kappa shape index (κ3) is 8.86. The Morgan fingerprint density at radius 1 is 1.23 bits per heavy atom. The van der Waals surface area contributed by atoms with E-state index in [0.717, 1.165) is 28.7 Å². The number of carbonyl (C=O) groups excluding carboxylic acids is 1. The largest absolute Gasteiger partial charge is 0.434 e. The molecule has 166 valence electrons. The van der Waals surface area contributed by atoms with Gasteiger partial charge in [-0.3, -0.25) is 4.79 Å². The molecule has 1 heterocycles. The molecule has 0 atom stereocenters. The second kappa shape index (κ2) is 12.7. The van der Waals surface area contributed by atoms with Crippen molar-refractivity contribution in [1.29, 1.82) is 0 Å². The van der Waals surface area contributed by atoms with Crippen LogP contribution in [0.15, 0.2) is 34.6 Å². The summed E-state index contributed by atoms with van der Waals surface area (Å²) < 4.78 is 37.8. The molecule has 2 aromatic rings. The van der Waals surface area contributed by atoms with Crippen LogP contribution in [0.25, 0.3) is 0 Å². The van der Waals surface area contributed by atoms with E-state index in [2.05, 4.69) is 25.9 Å². The molecule has 11 heteroatoms. The summed E-state index contributed by atoms with van der Waals surface area (Å²) in [6.07, 6.45) is -3.23. The molecule has 0 saturated carbocycles. The summed E-state index contributed by atoms with van der Waals surface area (Å²) in [5, 5.41) is 10.2. The average Bonchev–Trinajstić information content (AvgIpc) is 3.15. The number of benzene rings is 1. The Hall–Kier alpha value is -1.89. The van der Waals surface area contributed by atoms with E-state index in [1.165, 1.54) is 0 Å². The van der Waals surface area contributed by atoms with Gasteiger partial charge in [0.05, 0.1) is 5.01 Å². The lowest BCUT2D eigenvalue weighted by atomic mass is 10.1. The maximum Gasteiger partial charge on any atom is 0.434 e. The number of nitrogens with zero attached hydrogens (tertiary/aromatic N) is 2. The van der Waals surface area contributed by atoms with Crippen molar-refractivity contribution in [1.82, 2.24) is 15.6 Å². The molecule has 1 aromatic carbocycles. The van der Waals surface area contributed by atoms with Crippen LogP contribution in [-0.2, 0) is 23.8 Å². The summed E-state index contributed by atoms with van der Waals surface area (Å²) in [6, 6.07) is 7.59. The fourth-order valence-electron chi connectivity index (χ4n) is 2.41. The highest BCUT2D eigenvalue weighted by atomic mass is 127. The monoisotopic (exact) mass is 555 g/mol. The fourth-order valence-corrected chi connectivity index (χ4v) is 3.21. The molecular formula is C19H25F3IN5OS. The molecule has 0 unspecified atom stereocenters. The van der Waals surface area contributed by atoms with Crippen molar-refractivity contribution in [3.8, 4) is 0 Å². The molecule has 1 aromatic heterocycles. The van der Waals surface area contributed by atoms with Crippen LogP contribution in [0.3, 0.4) is 0 Å². The number of halogens is 4. The number of aryl methyl sites for hydroxylation is 1. The minimum atomic E-state index is -4.43. The van der Waals surface area contributed by atoms with E-state index < -0.39 is 11.9 Å². The van der Waals surface area contributed by atoms with E-state index >= 15 is 0 Å². The Morgan fingerprint density at radius 3 is 2.63 bits per heavy atom. The predicted molar refractivity (Wildman–Crippen MR) is 125 cm³/mol. The van der Waals surface area contributed by atoms with Gasteiger partial charge < -0.3 is 16.0 Å². The zero-order chi connectivity index (χ0) is 21.3. The first-order valence-corrected chi connectivity index (χ1v) is 10.1. The molecule has 2 rings (SSSR count). The number of nitrogens with one attached hydrogen (secondary N) is 3. The first-order chi connectivity index (χ1) is 13.8. The predicted octanol–water partition coefficient (Wildman–Crippen LogP) is 4.08. The first-order valence-electron chi connectivity index (χ1n) is 9.24. The molecule has 0 bridgehead atoms. The second-order valence-corrected chi connectivity index (χ2v) is 7.04. The van der Waals surface area contributed by atoms with Crippen LogP contribution in [-0.4, -0.2) is 36.5 Å². The van der Waals surface area contributed by atoms with Crippen molar-refractivity contribution in [3.05, 3.63) is 45.9 Å². The third-order valence-electron chi connectivity index (χ3n) is 3.82. The lowest BCUT2D eigenvalue weighted by Gasteiger charge is -2.11. The smallest absolute Gasteiger partial charge is 0.357 e. The SMILES string of the molecule is CCNC(=NCC(=O)Nc1cccc(CC)c1)NCCc1nc(C(F)(F)F)cs1.I. The van der Waals surface area contributed by atoms with Gasteiger partial charge in [0, 0.05) is 30.6 Å². The third-order valence-corrected chi connectivity index (χ3v) is 4.73. The zero-order valence-electron chi connectivity index (χ0n) is 16.7. The number of guanidine groups is 1. The Morgan fingerprint density at radius 2 is 2.00 bits per heavy atom. The number of anilines is 1. The van der Waals surface area contributed by atoms with Gasteiger partial charge in [-0.1, -0.05) is 19.1 Å². The molecule has 6 nitrogen and oxygen atoms in total. The van der Waals surface area contributed by atoms with Gasteiger partial charge in [-0.05, 0) is 31.0 Å². The van der Waals surface area contributed by atoms with Gasteiger partial charge in [-0.2, -0.15) is 13.2 Å². The summed E-state index contributed by atoms with van der Waals surface area (Å²) in [4.78, 5) is 19.9. The number of aromatic nitrogens is 1. The van der Waals surface area contributed by atoms with Crippen LogP contribution >= 0.6 is 35.3 Å². The molecule has 0 aliphatic heterocycles. The van der Waals surface area contributed by atoms with Gasteiger partial charge in [0.15, 0.2) is 11.7 Å². The van der Waals surface area contributed by atoms with Gasteiger partial charge in [-0.15, -0.1) is 35.3 Å². The summed E-state index contributed by atoms with van der Waals surface area (Å²) in [5.74, 6) is 0.155. The van der Waals surface area contributed by atoms with Gasteiger partial charge in [0.25, 0.3) is 0 Å². The van der Waals surface area contributed by atoms with E-state index in [0.29, 0.717) is 36.2 Å². The number of hydrogen-bond donors (Lipinski definition) is 3. The Balaban J connectivity index is 0.00000450. The maximum absolute atomic E-state index is 12.6. The number of thiazole rings is 1. The minimum Gasteiger partial charge on any atom is -0.357 e. The lowest BCUT2D eigenvalue weighted by molar-refractivity contribution is -0.140. The highest BCUT2D eigenvalue weighted by Crippen LogP contribution is 2.29. The maximum atomic E-state index is 12.6. The van der Waals surface area contributed by atoms with Crippen molar-refractivity contribution >= 4 is 52.9 Å². The van der Waals surface area contributed by atoms with E-state index in [9.17, 15) is 18.0 Å². The van der Waals surface area contributed by atoms with Crippen LogP contribution in [0.2, 0.25) is 0 Å². The Labute approximate surface area is 194 Å². The minimum absolute atomic E-state index is 0. The number of aliphatic imine (C=N–C) groups is 1. The number of alkyl halides is 3. The summed E-state index contributed by atoms with van der Waals surface area (Å²) >= 11 is 0.968. The molecule has 0 fully saturated rings. The number of carbonyl (C=O) groups is 1. The molecule has 30 heavy (non-hydrogen) atoms. The van der Waals surface area contributed by atoms with E-state index in [1.807, 2.05) is 38.1 Å². The topological polar surface area (TPSA) is 78.4 Å². The molecule has 0 aliphatic rings. The van der Waals surface area contributed by atoms with Gasteiger partial charge in [-0.25, -0.2) is 9.98 Å². The van der Waals surface area contributed by atoms with Crippen molar-refractivity contribution in [2.75, 3.05) is 25.0 Å². The van der Waals surface area contributed by atoms with Crippen molar-refractivity contribution in [2.45, 2.75) is 32.9 Å². The van der Waals surface area contributed by atoms with Crippen LogP contribution in [0, 0.1) is 0 Å². The highest BCUT2D eigenvalue weighted by molar-refractivity contribution is 14.0.